The van der Waals surface area contributed by atoms with Gasteiger partial charge in [0.2, 0.25) is 0 Å². The molecule has 1 aliphatic rings. The van der Waals surface area contributed by atoms with Crippen LogP contribution < -0.4 is 0 Å². The van der Waals surface area contributed by atoms with Crippen LogP contribution >= 0.6 is 0 Å². The van der Waals surface area contributed by atoms with Gasteiger partial charge in [-0.25, -0.2) is 0 Å². The van der Waals surface area contributed by atoms with E-state index in [4.69, 9.17) is 0 Å². The summed E-state index contributed by atoms with van der Waals surface area (Å²) in [5, 5.41) is 39.4. The quantitative estimate of drug-likeness (QED) is 0.158. The van der Waals surface area contributed by atoms with Crippen LogP contribution in [0.5, 0.6) is 0 Å². The van der Waals surface area contributed by atoms with Crippen molar-refractivity contribution in [3.63, 3.8) is 0 Å². The van der Waals surface area contributed by atoms with Crippen LogP contribution in [-0.2, 0) is 12.4 Å². The smallest absolute Gasteiger partial charge is 0.192 e. The molecule has 5 rings (SSSR count). The summed E-state index contributed by atoms with van der Waals surface area (Å²) in [6.45, 7) is 0. The van der Waals surface area contributed by atoms with Gasteiger partial charge in [-0.1, -0.05) is 24.3 Å². The fourth-order valence-corrected chi connectivity index (χ4v) is 5.00. The number of halogens is 6. The van der Waals surface area contributed by atoms with Gasteiger partial charge in [-0.3, -0.25) is 0 Å². The SMILES string of the molecule is N#CC(C#N)=C1c2cc(-c3cccc(C(F)(F)F)c3)c(C#N)cc2-c2cc(C#N)c(-c3cccc(C(F)(F)F)c3)cc21. The molecule has 0 heterocycles. The van der Waals surface area contributed by atoms with Crippen LogP contribution in [0, 0.1) is 45.3 Å². The van der Waals surface area contributed by atoms with Gasteiger partial charge >= 0.3 is 12.4 Å². The fraction of sp³-hybridized carbons (Fsp3) is 0.0625. The van der Waals surface area contributed by atoms with E-state index >= 15 is 0 Å². The van der Waals surface area contributed by atoms with E-state index < -0.39 is 23.5 Å². The highest BCUT2D eigenvalue weighted by atomic mass is 19.4. The van der Waals surface area contributed by atoms with Crippen LogP contribution in [0.4, 0.5) is 26.3 Å². The number of nitriles is 4. The minimum absolute atomic E-state index is 0.00352. The third-order valence-corrected chi connectivity index (χ3v) is 6.86. The maximum absolute atomic E-state index is 13.4. The zero-order valence-electron chi connectivity index (χ0n) is 21.0. The van der Waals surface area contributed by atoms with Crippen molar-refractivity contribution in [3.8, 4) is 57.7 Å². The van der Waals surface area contributed by atoms with Gasteiger partial charge in [0.1, 0.15) is 17.7 Å². The number of hydrogen-bond donors (Lipinski definition) is 0. The Labute approximate surface area is 234 Å². The molecule has 42 heavy (non-hydrogen) atoms. The summed E-state index contributed by atoms with van der Waals surface area (Å²) in [5.41, 5.74) is -0.645. The average Bonchev–Trinajstić information content (AvgIpc) is 3.28. The molecule has 1 aliphatic carbocycles. The second-order valence-electron chi connectivity index (χ2n) is 9.24. The van der Waals surface area contributed by atoms with E-state index in [2.05, 4.69) is 0 Å². The van der Waals surface area contributed by atoms with Gasteiger partial charge in [-0.15, -0.1) is 0 Å². The van der Waals surface area contributed by atoms with E-state index in [9.17, 15) is 47.4 Å². The highest BCUT2D eigenvalue weighted by molar-refractivity contribution is 6.07. The van der Waals surface area contributed by atoms with Crippen LogP contribution in [0.15, 0.2) is 78.4 Å². The van der Waals surface area contributed by atoms with Gasteiger partial charge in [0.05, 0.1) is 34.4 Å². The topological polar surface area (TPSA) is 95.2 Å². The number of hydrogen-bond acceptors (Lipinski definition) is 4. The van der Waals surface area contributed by atoms with Crippen LogP contribution in [0.2, 0.25) is 0 Å². The average molecular weight is 566 g/mol. The molecule has 0 fully saturated rings. The highest BCUT2D eigenvalue weighted by Gasteiger charge is 2.34. The Morgan fingerprint density at radius 3 is 1.24 bits per heavy atom. The molecule has 0 unspecified atom stereocenters. The Bertz CT molecular complexity index is 1860. The summed E-state index contributed by atoms with van der Waals surface area (Å²) in [7, 11) is 0. The molecule has 0 atom stereocenters. The number of rotatable bonds is 2. The largest absolute Gasteiger partial charge is 0.416 e. The van der Waals surface area contributed by atoms with Crippen molar-refractivity contribution in [1.29, 1.82) is 21.0 Å². The van der Waals surface area contributed by atoms with Gasteiger partial charge in [-0.2, -0.15) is 47.4 Å². The molecule has 4 aromatic rings. The number of allylic oxidation sites excluding steroid dienone is 1. The van der Waals surface area contributed by atoms with Gasteiger partial charge in [-0.05, 0) is 81.9 Å². The van der Waals surface area contributed by atoms with E-state index in [1.807, 2.05) is 12.1 Å². The predicted octanol–water partition coefficient (Wildman–Crippen LogP) is 8.63. The molecular weight excluding hydrogens is 554 g/mol. The van der Waals surface area contributed by atoms with Crippen molar-refractivity contribution in [1.82, 2.24) is 0 Å². The third-order valence-electron chi connectivity index (χ3n) is 6.86. The number of fused-ring (bicyclic) bond motifs is 3. The summed E-state index contributed by atoms with van der Waals surface area (Å²) in [6.07, 6.45) is -9.30. The van der Waals surface area contributed by atoms with E-state index in [0.717, 1.165) is 24.3 Å². The number of benzene rings is 4. The van der Waals surface area contributed by atoms with Crippen molar-refractivity contribution in [2.75, 3.05) is 0 Å². The molecule has 4 nitrogen and oxygen atoms in total. The van der Waals surface area contributed by atoms with Crippen molar-refractivity contribution < 1.29 is 26.3 Å². The van der Waals surface area contributed by atoms with E-state index in [1.165, 1.54) is 48.5 Å². The summed E-state index contributed by atoms with van der Waals surface area (Å²) >= 11 is 0. The lowest BCUT2D eigenvalue weighted by atomic mass is 9.91. The van der Waals surface area contributed by atoms with Crippen molar-refractivity contribution >= 4 is 5.57 Å². The van der Waals surface area contributed by atoms with Crippen LogP contribution in [-0.4, -0.2) is 0 Å². The normalized spacial score (nSPS) is 11.9. The monoisotopic (exact) mass is 566 g/mol. The Kier molecular flexibility index (Phi) is 6.58. The van der Waals surface area contributed by atoms with Crippen LogP contribution in [0.25, 0.3) is 39.0 Å². The Balaban J connectivity index is 1.81. The molecular formula is C32H12F6N4. The van der Waals surface area contributed by atoms with Crippen molar-refractivity contribution in [3.05, 3.63) is 112 Å². The first-order chi connectivity index (χ1) is 19.9. The molecule has 0 radical (unpaired) electrons. The van der Waals surface area contributed by atoms with Crippen molar-refractivity contribution in [2.45, 2.75) is 12.4 Å². The van der Waals surface area contributed by atoms with Gasteiger partial charge in [0.25, 0.3) is 0 Å². The predicted molar refractivity (Wildman–Crippen MR) is 139 cm³/mol. The molecule has 0 spiro atoms. The first kappa shape index (κ1) is 27.7. The minimum atomic E-state index is -4.65. The molecule has 0 bridgehead atoms. The minimum Gasteiger partial charge on any atom is -0.192 e. The molecule has 0 aliphatic heterocycles. The van der Waals surface area contributed by atoms with E-state index in [1.54, 1.807) is 12.1 Å². The Hall–Kier alpha value is -5.84. The molecule has 4 aromatic carbocycles. The van der Waals surface area contributed by atoms with Crippen LogP contribution in [0.1, 0.15) is 33.4 Å². The Morgan fingerprint density at radius 2 is 0.905 bits per heavy atom. The first-order valence-electron chi connectivity index (χ1n) is 12.0. The maximum Gasteiger partial charge on any atom is 0.416 e. The Morgan fingerprint density at radius 1 is 0.500 bits per heavy atom. The summed E-state index contributed by atoms with van der Waals surface area (Å²) in [4.78, 5) is 0. The molecule has 0 saturated heterocycles. The van der Waals surface area contributed by atoms with Gasteiger partial charge < -0.3 is 0 Å². The third kappa shape index (κ3) is 4.62. The second-order valence-corrected chi connectivity index (χ2v) is 9.24. The summed E-state index contributed by atoms with van der Waals surface area (Å²) in [5.74, 6) is 0. The zero-order chi connectivity index (χ0) is 30.4. The number of nitrogens with zero attached hydrogens (tertiary/aromatic N) is 4. The lowest BCUT2D eigenvalue weighted by molar-refractivity contribution is -0.138. The standard InChI is InChI=1S/C32H12F6N4/c33-31(34,35)22-5-1-3-17(7-22)24-11-28-26(9-19(24)13-39)27-10-20(14-40)25(12-29(27)30(28)21(15-41)16-42)18-4-2-6-23(8-18)32(36,37)38/h1-12H. The summed E-state index contributed by atoms with van der Waals surface area (Å²) < 4.78 is 80.6. The number of alkyl halides is 6. The molecule has 10 heteroatoms. The summed E-state index contributed by atoms with van der Waals surface area (Å²) in [6, 6.07) is 21.8. The second kappa shape index (κ2) is 9.97. The highest BCUT2D eigenvalue weighted by Crippen LogP contribution is 2.50. The van der Waals surface area contributed by atoms with Crippen molar-refractivity contribution in [2.24, 2.45) is 0 Å². The fourth-order valence-electron chi connectivity index (χ4n) is 5.00. The molecule has 0 N–H and O–H groups in total. The van der Waals surface area contributed by atoms with E-state index in [0.29, 0.717) is 11.1 Å². The van der Waals surface area contributed by atoms with E-state index in [-0.39, 0.29) is 55.7 Å². The lowest BCUT2D eigenvalue weighted by Gasteiger charge is -2.12. The molecule has 202 valence electrons. The van der Waals surface area contributed by atoms with Crippen LogP contribution in [0.3, 0.4) is 0 Å². The van der Waals surface area contributed by atoms with Gasteiger partial charge in [0.15, 0.2) is 0 Å². The molecule has 0 aromatic heterocycles. The zero-order valence-corrected chi connectivity index (χ0v) is 21.0. The molecule has 0 amide bonds. The molecule has 0 saturated carbocycles. The lowest BCUT2D eigenvalue weighted by Crippen LogP contribution is -2.04. The van der Waals surface area contributed by atoms with Gasteiger partial charge in [0, 0.05) is 16.7 Å². The maximum atomic E-state index is 13.4. The first-order valence-corrected chi connectivity index (χ1v) is 12.0.